The van der Waals surface area contributed by atoms with E-state index in [9.17, 15) is 0 Å². The Bertz CT molecular complexity index is 216. The molecular weight excluding hydrogens is 180 g/mol. The normalized spacial score (nSPS) is 12.9. The first-order chi connectivity index (χ1) is 7.41. The Morgan fingerprint density at radius 2 is 1.20 bits per heavy atom. The zero-order valence-electron chi connectivity index (χ0n) is 10.2. The van der Waals surface area contributed by atoms with E-state index in [1.165, 1.54) is 12.8 Å². The number of hydrogen-bond acceptors (Lipinski definition) is 0. The zero-order chi connectivity index (χ0) is 11.2. The van der Waals surface area contributed by atoms with Crippen LogP contribution in [0.1, 0.15) is 46.0 Å². The van der Waals surface area contributed by atoms with E-state index >= 15 is 0 Å². The van der Waals surface area contributed by atoms with Gasteiger partial charge in [-0.15, -0.1) is 0 Å². The molecule has 0 aliphatic heterocycles. The second kappa shape index (κ2) is 13.0. The predicted octanol–water partition coefficient (Wildman–Crippen LogP) is 5.20. The summed E-state index contributed by atoms with van der Waals surface area (Å²) in [4.78, 5) is 0. The summed E-state index contributed by atoms with van der Waals surface area (Å²) in [5.74, 6) is 0. The van der Waals surface area contributed by atoms with Crippen LogP contribution in [0.5, 0.6) is 0 Å². The SMILES string of the molecule is CC/C=C/CC/C=C/C=C/C=C/CCC. The Morgan fingerprint density at radius 3 is 1.80 bits per heavy atom. The molecule has 0 N–H and O–H groups in total. The molecule has 0 amide bonds. The third-order valence-electron chi connectivity index (χ3n) is 1.96. The van der Waals surface area contributed by atoms with Gasteiger partial charge in [-0.2, -0.15) is 0 Å². The maximum Gasteiger partial charge on any atom is -0.0313 e. The van der Waals surface area contributed by atoms with E-state index in [0.717, 1.165) is 19.3 Å². The van der Waals surface area contributed by atoms with E-state index in [-0.39, 0.29) is 0 Å². The van der Waals surface area contributed by atoms with Crippen LogP contribution in [0.2, 0.25) is 0 Å². The first-order valence-corrected chi connectivity index (χ1v) is 6.05. The Labute approximate surface area is 95.1 Å². The maximum atomic E-state index is 2.25. The van der Waals surface area contributed by atoms with Gasteiger partial charge in [-0.25, -0.2) is 0 Å². The first-order valence-electron chi connectivity index (χ1n) is 6.05. The van der Waals surface area contributed by atoms with Crippen molar-refractivity contribution in [1.82, 2.24) is 0 Å². The molecule has 0 fully saturated rings. The van der Waals surface area contributed by atoms with Crippen LogP contribution >= 0.6 is 0 Å². The Hall–Kier alpha value is -1.04. The van der Waals surface area contributed by atoms with Crippen LogP contribution in [-0.4, -0.2) is 0 Å². The summed E-state index contributed by atoms with van der Waals surface area (Å²) >= 11 is 0. The van der Waals surface area contributed by atoms with E-state index in [1.54, 1.807) is 0 Å². The molecule has 0 nitrogen and oxygen atoms in total. The molecular formula is C15H24. The summed E-state index contributed by atoms with van der Waals surface area (Å²) < 4.78 is 0. The minimum Gasteiger partial charge on any atom is -0.0888 e. The quantitative estimate of drug-likeness (QED) is 0.289. The van der Waals surface area contributed by atoms with Gasteiger partial charge in [0.25, 0.3) is 0 Å². The summed E-state index contributed by atoms with van der Waals surface area (Å²) in [7, 11) is 0. The van der Waals surface area contributed by atoms with Crippen molar-refractivity contribution in [2.24, 2.45) is 0 Å². The monoisotopic (exact) mass is 204 g/mol. The van der Waals surface area contributed by atoms with Crippen LogP contribution in [0.15, 0.2) is 48.6 Å². The zero-order valence-corrected chi connectivity index (χ0v) is 10.2. The van der Waals surface area contributed by atoms with Crippen molar-refractivity contribution in [1.29, 1.82) is 0 Å². The molecule has 0 aliphatic carbocycles. The Morgan fingerprint density at radius 1 is 0.600 bits per heavy atom. The second-order valence-corrected chi connectivity index (χ2v) is 3.49. The fourth-order valence-corrected chi connectivity index (χ4v) is 1.12. The highest BCUT2D eigenvalue weighted by Gasteiger charge is 1.74. The molecule has 0 radical (unpaired) electrons. The summed E-state index contributed by atoms with van der Waals surface area (Å²) in [5, 5.41) is 0. The minimum absolute atomic E-state index is 1.14. The first kappa shape index (κ1) is 14.0. The van der Waals surface area contributed by atoms with Gasteiger partial charge in [0.1, 0.15) is 0 Å². The summed E-state index contributed by atoms with van der Waals surface area (Å²) in [6.07, 6.45) is 23.1. The van der Waals surface area contributed by atoms with Crippen LogP contribution in [0, 0.1) is 0 Å². The summed E-state index contributed by atoms with van der Waals surface area (Å²) in [5.41, 5.74) is 0. The topological polar surface area (TPSA) is 0 Å². The van der Waals surface area contributed by atoms with Gasteiger partial charge in [-0.3, -0.25) is 0 Å². The van der Waals surface area contributed by atoms with E-state index in [0.29, 0.717) is 0 Å². The van der Waals surface area contributed by atoms with Crippen molar-refractivity contribution < 1.29 is 0 Å². The van der Waals surface area contributed by atoms with Crippen molar-refractivity contribution in [3.05, 3.63) is 48.6 Å². The standard InChI is InChI=1S/C15H24/c1-3-5-7-9-11-13-15-14-12-10-8-6-4-2/h5,7-8,10,12-15H,3-4,6,9,11H2,1-2H3/b7-5+,10-8+,14-12+,15-13+. The van der Waals surface area contributed by atoms with Crippen molar-refractivity contribution >= 4 is 0 Å². The highest BCUT2D eigenvalue weighted by molar-refractivity contribution is 5.11. The maximum absolute atomic E-state index is 2.25. The highest BCUT2D eigenvalue weighted by Crippen LogP contribution is 1.95. The van der Waals surface area contributed by atoms with Gasteiger partial charge in [0, 0.05) is 0 Å². The van der Waals surface area contributed by atoms with Gasteiger partial charge in [-0.1, -0.05) is 68.9 Å². The van der Waals surface area contributed by atoms with Gasteiger partial charge < -0.3 is 0 Å². The van der Waals surface area contributed by atoms with Gasteiger partial charge in [0.05, 0.1) is 0 Å². The number of hydrogen-bond donors (Lipinski definition) is 0. The molecule has 0 aromatic heterocycles. The Kier molecular flexibility index (Phi) is 12.1. The van der Waals surface area contributed by atoms with Crippen molar-refractivity contribution in [3.63, 3.8) is 0 Å². The van der Waals surface area contributed by atoms with Gasteiger partial charge >= 0.3 is 0 Å². The predicted molar refractivity (Wildman–Crippen MR) is 71.0 cm³/mol. The highest BCUT2D eigenvalue weighted by atomic mass is 13.8. The average molecular weight is 204 g/mol. The molecule has 0 heteroatoms. The molecule has 0 aromatic carbocycles. The minimum atomic E-state index is 1.14. The molecule has 0 heterocycles. The van der Waals surface area contributed by atoms with Crippen LogP contribution in [0.25, 0.3) is 0 Å². The molecule has 0 atom stereocenters. The molecule has 0 spiro atoms. The summed E-state index contributed by atoms with van der Waals surface area (Å²) in [6, 6.07) is 0. The van der Waals surface area contributed by atoms with Crippen molar-refractivity contribution in [2.75, 3.05) is 0 Å². The van der Waals surface area contributed by atoms with Crippen LogP contribution in [-0.2, 0) is 0 Å². The lowest BCUT2D eigenvalue weighted by Gasteiger charge is -1.84. The fourth-order valence-electron chi connectivity index (χ4n) is 1.12. The van der Waals surface area contributed by atoms with Crippen LogP contribution < -0.4 is 0 Å². The molecule has 0 rings (SSSR count). The van der Waals surface area contributed by atoms with Gasteiger partial charge in [0.2, 0.25) is 0 Å². The molecule has 0 saturated heterocycles. The molecule has 15 heavy (non-hydrogen) atoms. The second-order valence-electron chi connectivity index (χ2n) is 3.49. The lowest BCUT2D eigenvalue weighted by Crippen LogP contribution is -1.64. The molecule has 0 bridgehead atoms. The largest absolute Gasteiger partial charge is 0.0888 e. The van der Waals surface area contributed by atoms with E-state index in [2.05, 4.69) is 62.5 Å². The Balaban J connectivity index is 3.41. The summed E-state index contributed by atoms with van der Waals surface area (Å²) in [6.45, 7) is 4.36. The van der Waals surface area contributed by atoms with Crippen molar-refractivity contribution in [3.8, 4) is 0 Å². The van der Waals surface area contributed by atoms with Crippen molar-refractivity contribution in [2.45, 2.75) is 46.0 Å². The molecule has 84 valence electrons. The lowest BCUT2D eigenvalue weighted by atomic mass is 10.2. The van der Waals surface area contributed by atoms with Crippen LogP contribution in [0.4, 0.5) is 0 Å². The smallest absolute Gasteiger partial charge is 0.0313 e. The molecule has 0 saturated carbocycles. The van der Waals surface area contributed by atoms with E-state index in [4.69, 9.17) is 0 Å². The third kappa shape index (κ3) is 13.0. The fraction of sp³-hybridized carbons (Fsp3) is 0.467. The van der Waals surface area contributed by atoms with Gasteiger partial charge in [0.15, 0.2) is 0 Å². The third-order valence-corrected chi connectivity index (χ3v) is 1.96. The van der Waals surface area contributed by atoms with Gasteiger partial charge in [-0.05, 0) is 25.7 Å². The number of allylic oxidation sites excluding steroid dienone is 8. The molecule has 0 aromatic rings. The number of rotatable bonds is 8. The number of unbranched alkanes of at least 4 members (excludes halogenated alkanes) is 2. The van der Waals surface area contributed by atoms with E-state index in [1.807, 2.05) is 0 Å². The molecule has 0 unspecified atom stereocenters. The van der Waals surface area contributed by atoms with Crippen LogP contribution in [0.3, 0.4) is 0 Å². The average Bonchev–Trinajstić information content (AvgIpc) is 2.26. The molecule has 0 aliphatic rings. The van der Waals surface area contributed by atoms with E-state index < -0.39 is 0 Å². The lowest BCUT2D eigenvalue weighted by molar-refractivity contribution is 0.959.